The summed E-state index contributed by atoms with van der Waals surface area (Å²) < 4.78 is 11.3. The van der Waals surface area contributed by atoms with Crippen LogP contribution in [0.2, 0.25) is 0 Å². The predicted molar refractivity (Wildman–Crippen MR) is 73.6 cm³/mol. The highest BCUT2D eigenvalue weighted by atomic mass is 16.6. The van der Waals surface area contributed by atoms with E-state index in [9.17, 15) is 0 Å². The molecule has 2 saturated carbocycles. The van der Waals surface area contributed by atoms with Crippen LogP contribution in [-0.4, -0.2) is 19.8 Å². The molecule has 0 bridgehead atoms. The Hall–Kier alpha value is -1.22. The number of hydrogen-bond acceptors (Lipinski definition) is 3. The van der Waals surface area contributed by atoms with E-state index in [1.54, 1.807) is 0 Å². The maximum Gasteiger partial charge on any atom is 0.161 e. The van der Waals surface area contributed by atoms with Crippen LogP contribution < -0.4 is 14.8 Å². The molecule has 19 heavy (non-hydrogen) atoms. The van der Waals surface area contributed by atoms with E-state index in [2.05, 4.69) is 23.5 Å². The molecule has 1 unspecified atom stereocenters. The largest absolute Gasteiger partial charge is 0.486 e. The zero-order chi connectivity index (χ0) is 12.7. The van der Waals surface area contributed by atoms with Gasteiger partial charge >= 0.3 is 0 Å². The molecule has 102 valence electrons. The van der Waals surface area contributed by atoms with Crippen LogP contribution in [0.25, 0.3) is 0 Å². The molecule has 1 aliphatic heterocycles. The number of benzene rings is 1. The first-order chi connectivity index (χ1) is 9.40. The van der Waals surface area contributed by atoms with Crippen LogP contribution in [0.15, 0.2) is 18.2 Å². The SMILES string of the molecule is c1cc2c(cc1C(NCC1CC1)C1CC1)OCCO2. The fourth-order valence-corrected chi connectivity index (χ4v) is 2.86. The second-order valence-corrected chi connectivity index (χ2v) is 6.07. The molecule has 1 N–H and O–H groups in total. The van der Waals surface area contributed by atoms with Crippen LogP contribution in [0.3, 0.4) is 0 Å². The third-order valence-electron chi connectivity index (χ3n) is 4.34. The lowest BCUT2D eigenvalue weighted by Crippen LogP contribution is -2.25. The van der Waals surface area contributed by atoms with Gasteiger partial charge in [-0.1, -0.05) is 6.07 Å². The van der Waals surface area contributed by atoms with Gasteiger partial charge in [-0.2, -0.15) is 0 Å². The quantitative estimate of drug-likeness (QED) is 0.882. The van der Waals surface area contributed by atoms with Crippen molar-refractivity contribution in [1.29, 1.82) is 0 Å². The van der Waals surface area contributed by atoms with Gasteiger partial charge in [0.1, 0.15) is 13.2 Å². The van der Waals surface area contributed by atoms with Crippen molar-refractivity contribution in [1.82, 2.24) is 5.32 Å². The molecule has 0 saturated heterocycles. The number of nitrogens with one attached hydrogen (secondary N) is 1. The lowest BCUT2D eigenvalue weighted by Gasteiger charge is -2.23. The van der Waals surface area contributed by atoms with E-state index in [4.69, 9.17) is 9.47 Å². The van der Waals surface area contributed by atoms with Crippen LogP contribution in [0.5, 0.6) is 11.5 Å². The highest BCUT2D eigenvalue weighted by molar-refractivity contribution is 5.45. The standard InChI is InChI=1S/C16H21NO2/c1-2-11(1)10-17-16(12-3-4-12)13-5-6-14-15(9-13)19-8-7-18-14/h5-6,9,11-12,16-17H,1-4,7-8,10H2. The Morgan fingerprint density at radius 2 is 1.84 bits per heavy atom. The molecule has 3 nitrogen and oxygen atoms in total. The van der Waals surface area contributed by atoms with Crippen molar-refractivity contribution in [3.05, 3.63) is 23.8 Å². The van der Waals surface area contributed by atoms with Crippen molar-refractivity contribution in [3.8, 4) is 11.5 Å². The minimum absolute atomic E-state index is 0.511. The average molecular weight is 259 g/mol. The smallest absolute Gasteiger partial charge is 0.161 e. The van der Waals surface area contributed by atoms with Crippen molar-refractivity contribution in [2.75, 3.05) is 19.8 Å². The molecule has 2 fully saturated rings. The summed E-state index contributed by atoms with van der Waals surface area (Å²) >= 11 is 0. The van der Waals surface area contributed by atoms with Crippen molar-refractivity contribution >= 4 is 0 Å². The molecule has 3 heteroatoms. The van der Waals surface area contributed by atoms with Crippen LogP contribution in [-0.2, 0) is 0 Å². The maximum absolute atomic E-state index is 5.70. The summed E-state index contributed by atoms with van der Waals surface area (Å²) in [7, 11) is 0. The van der Waals surface area contributed by atoms with Crippen molar-refractivity contribution in [2.45, 2.75) is 31.7 Å². The first kappa shape index (κ1) is 11.6. The third-order valence-corrected chi connectivity index (χ3v) is 4.34. The Labute approximate surface area is 114 Å². The highest BCUT2D eigenvalue weighted by Crippen LogP contribution is 2.43. The highest BCUT2D eigenvalue weighted by Gasteiger charge is 2.34. The zero-order valence-electron chi connectivity index (χ0n) is 11.2. The first-order valence-electron chi connectivity index (χ1n) is 7.53. The summed E-state index contributed by atoms with van der Waals surface area (Å²) in [5.41, 5.74) is 1.37. The molecule has 0 aromatic heterocycles. The minimum Gasteiger partial charge on any atom is -0.486 e. The lowest BCUT2D eigenvalue weighted by molar-refractivity contribution is 0.171. The summed E-state index contributed by atoms with van der Waals surface area (Å²) in [5.74, 6) is 3.56. The Balaban J connectivity index is 1.53. The van der Waals surface area contributed by atoms with Crippen LogP contribution in [0, 0.1) is 11.8 Å². The van der Waals surface area contributed by atoms with Gasteiger partial charge in [-0.05, 0) is 61.8 Å². The molecule has 1 aromatic rings. The van der Waals surface area contributed by atoms with Gasteiger partial charge in [-0.25, -0.2) is 0 Å². The van der Waals surface area contributed by atoms with Crippen molar-refractivity contribution < 1.29 is 9.47 Å². The van der Waals surface area contributed by atoms with E-state index in [0.717, 1.165) is 23.3 Å². The van der Waals surface area contributed by atoms with E-state index in [-0.39, 0.29) is 0 Å². The Morgan fingerprint density at radius 1 is 1.05 bits per heavy atom. The van der Waals surface area contributed by atoms with E-state index < -0.39 is 0 Å². The normalized spacial score (nSPS) is 23.2. The number of fused-ring (bicyclic) bond motifs is 1. The molecule has 3 aliphatic rings. The predicted octanol–water partition coefficient (Wildman–Crippen LogP) is 2.91. The minimum atomic E-state index is 0.511. The van der Waals surface area contributed by atoms with E-state index >= 15 is 0 Å². The molecular formula is C16H21NO2. The molecule has 1 aromatic carbocycles. The van der Waals surface area contributed by atoms with Crippen LogP contribution in [0.1, 0.15) is 37.3 Å². The molecule has 0 spiro atoms. The first-order valence-corrected chi connectivity index (χ1v) is 7.53. The summed E-state index contributed by atoms with van der Waals surface area (Å²) in [6.07, 6.45) is 5.53. The van der Waals surface area contributed by atoms with E-state index in [1.807, 2.05) is 0 Å². The van der Waals surface area contributed by atoms with Gasteiger partial charge in [-0.3, -0.25) is 0 Å². The van der Waals surface area contributed by atoms with E-state index in [1.165, 1.54) is 37.8 Å². The molecule has 0 radical (unpaired) electrons. The molecular weight excluding hydrogens is 238 g/mol. The lowest BCUT2D eigenvalue weighted by atomic mass is 10.0. The van der Waals surface area contributed by atoms with Crippen molar-refractivity contribution in [3.63, 3.8) is 0 Å². The van der Waals surface area contributed by atoms with Crippen LogP contribution in [0.4, 0.5) is 0 Å². The maximum atomic E-state index is 5.70. The van der Waals surface area contributed by atoms with Gasteiger partial charge in [0.15, 0.2) is 11.5 Å². The fourth-order valence-electron chi connectivity index (χ4n) is 2.86. The van der Waals surface area contributed by atoms with Crippen LogP contribution >= 0.6 is 0 Å². The Kier molecular flexibility index (Phi) is 2.87. The van der Waals surface area contributed by atoms with E-state index in [0.29, 0.717) is 19.3 Å². The molecule has 1 heterocycles. The number of rotatable bonds is 5. The number of hydrogen-bond donors (Lipinski definition) is 1. The summed E-state index contributed by atoms with van der Waals surface area (Å²) in [5, 5.41) is 3.77. The molecule has 1 atom stereocenters. The Morgan fingerprint density at radius 3 is 2.58 bits per heavy atom. The second kappa shape index (κ2) is 4.71. The molecule has 2 aliphatic carbocycles. The molecule has 0 amide bonds. The monoisotopic (exact) mass is 259 g/mol. The summed E-state index contributed by atoms with van der Waals surface area (Å²) in [6.45, 7) is 2.51. The summed E-state index contributed by atoms with van der Waals surface area (Å²) in [6, 6.07) is 6.96. The van der Waals surface area contributed by atoms with Crippen molar-refractivity contribution in [2.24, 2.45) is 11.8 Å². The number of ether oxygens (including phenoxy) is 2. The van der Waals surface area contributed by atoms with Gasteiger partial charge in [0.05, 0.1) is 0 Å². The Bertz CT molecular complexity index is 466. The zero-order valence-corrected chi connectivity index (χ0v) is 11.2. The topological polar surface area (TPSA) is 30.5 Å². The third kappa shape index (κ3) is 2.57. The van der Waals surface area contributed by atoms with Gasteiger partial charge in [0.25, 0.3) is 0 Å². The van der Waals surface area contributed by atoms with Gasteiger partial charge in [0, 0.05) is 6.04 Å². The summed E-state index contributed by atoms with van der Waals surface area (Å²) in [4.78, 5) is 0. The molecule has 4 rings (SSSR count). The average Bonchev–Trinajstić information content (AvgIpc) is 3.32. The fraction of sp³-hybridized carbons (Fsp3) is 0.625. The van der Waals surface area contributed by atoms with Gasteiger partial charge < -0.3 is 14.8 Å². The van der Waals surface area contributed by atoms with Gasteiger partial charge in [-0.15, -0.1) is 0 Å². The van der Waals surface area contributed by atoms with Gasteiger partial charge in [0.2, 0.25) is 0 Å². The second-order valence-electron chi connectivity index (χ2n) is 6.07.